The van der Waals surface area contributed by atoms with Crippen molar-refractivity contribution in [3.05, 3.63) is 60.0 Å². The summed E-state index contributed by atoms with van der Waals surface area (Å²) in [5.74, 6) is 0.739. The van der Waals surface area contributed by atoms with Crippen LogP contribution in [0.25, 0.3) is 55.3 Å². The highest BCUT2D eigenvalue weighted by molar-refractivity contribution is 7.15. The standard InChI is InChI=1S/C22H15N7OS/c1-11-2-3-18(31-11)21-20-15(4-5-24-21)26-22(27-20)19-14-7-16(25-10-17(14)28-29-19)12-6-13(30)9-23-8-12/h2-10,30H,1H3,(H,26,27)(H,28,29). The maximum Gasteiger partial charge on any atom is 0.159 e. The van der Waals surface area contributed by atoms with Crippen LogP contribution in [-0.2, 0) is 0 Å². The van der Waals surface area contributed by atoms with Crippen molar-refractivity contribution in [2.45, 2.75) is 6.92 Å². The number of aromatic amines is 2. The van der Waals surface area contributed by atoms with E-state index >= 15 is 0 Å². The van der Waals surface area contributed by atoms with Crippen LogP contribution in [0.2, 0.25) is 0 Å². The minimum atomic E-state index is 0.0907. The molecule has 0 bridgehead atoms. The van der Waals surface area contributed by atoms with Crippen LogP contribution in [0.1, 0.15) is 4.88 Å². The Morgan fingerprint density at radius 2 is 1.90 bits per heavy atom. The van der Waals surface area contributed by atoms with Gasteiger partial charge in [-0.3, -0.25) is 20.1 Å². The molecule has 150 valence electrons. The highest BCUT2D eigenvalue weighted by atomic mass is 32.1. The van der Waals surface area contributed by atoms with E-state index in [0.29, 0.717) is 17.2 Å². The molecule has 6 rings (SSSR count). The summed E-state index contributed by atoms with van der Waals surface area (Å²) in [5, 5.41) is 18.1. The van der Waals surface area contributed by atoms with Crippen molar-refractivity contribution in [2.24, 2.45) is 0 Å². The molecule has 0 amide bonds. The number of thiophene rings is 1. The summed E-state index contributed by atoms with van der Waals surface area (Å²) in [6, 6.07) is 9.61. The molecule has 0 saturated carbocycles. The molecule has 6 heterocycles. The van der Waals surface area contributed by atoms with Gasteiger partial charge in [0.25, 0.3) is 0 Å². The summed E-state index contributed by atoms with van der Waals surface area (Å²) in [4.78, 5) is 23.6. The first-order chi connectivity index (χ1) is 15.2. The van der Waals surface area contributed by atoms with Gasteiger partial charge in [0.15, 0.2) is 5.82 Å². The Bertz CT molecular complexity index is 1580. The maximum absolute atomic E-state index is 9.75. The Kier molecular flexibility index (Phi) is 3.84. The third-order valence-corrected chi connectivity index (χ3v) is 6.07. The minimum absolute atomic E-state index is 0.0907. The fourth-order valence-electron chi connectivity index (χ4n) is 3.61. The van der Waals surface area contributed by atoms with Crippen molar-refractivity contribution >= 4 is 33.3 Å². The number of hydrogen-bond acceptors (Lipinski definition) is 7. The average Bonchev–Trinajstić information content (AvgIpc) is 3.50. The number of nitrogens with one attached hydrogen (secondary N) is 2. The third kappa shape index (κ3) is 2.94. The first kappa shape index (κ1) is 17.7. The SMILES string of the molecule is Cc1ccc(-c2nccc3[nH]c(-c4n[nH]c5cnc(-c6cncc(O)c6)cc45)nc23)s1. The van der Waals surface area contributed by atoms with Crippen molar-refractivity contribution in [3.63, 3.8) is 0 Å². The van der Waals surface area contributed by atoms with Crippen LogP contribution in [0.5, 0.6) is 5.75 Å². The van der Waals surface area contributed by atoms with Crippen molar-refractivity contribution < 1.29 is 5.11 Å². The van der Waals surface area contributed by atoms with Gasteiger partial charge in [-0.25, -0.2) is 4.98 Å². The number of hydrogen-bond donors (Lipinski definition) is 3. The molecule has 6 aromatic heterocycles. The van der Waals surface area contributed by atoms with Gasteiger partial charge in [-0.2, -0.15) is 5.10 Å². The normalized spacial score (nSPS) is 11.5. The Hall–Kier alpha value is -4.11. The second kappa shape index (κ2) is 6.71. The molecule has 0 spiro atoms. The lowest BCUT2D eigenvalue weighted by molar-refractivity contribution is 0.473. The molecule has 0 radical (unpaired) electrons. The van der Waals surface area contributed by atoms with Gasteiger partial charge in [0.05, 0.1) is 34.0 Å². The molecule has 0 aliphatic carbocycles. The molecule has 0 aromatic carbocycles. The number of pyridine rings is 3. The topological polar surface area (TPSA) is 116 Å². The van der Waals surface area contributed by atoms with Crippen molar-refractivity contribution in [1.29, 1.82) is 0 Å². The summed E-state index contributed by atoms with van der Waals surface area (Å²) >= 11 is 1.69. The number of aryl methyl sites for hydroxylation is 1. The molecule has 0 atom stereocenters. The van der Waals surface area contributed by atoms with Crippen LogP contribution in [0.3, 0.4) is 0 Å². The largest absolute Gasteiger partial charge is 0.506 e. The van der Waals surface area contributed by atoms with Crippen LogP contribution in [0.4, 0.5) is 0 Å². The van der Waals surface area contributed by atoms with Gasteiger partial charge in [0.2, 0.25) is 0 Å². The third-order valence-electron chi connectivity index (χ3n) is 5.07. The predicted octanol–water partition coefficient (Wildman–Crippen LogP) is 4.70. The fourth-order valence-corrected chi connectivity index (χ4v) is 4.48. The lowest BCUT2D eigenvalue weighted by Gasteiger charge is -2.01. The van der Waals surface area contributed by atoms with Gasteiger partial charge in [-0.1, -0.05) is 0 Å². The summed E-state index contributed by atoms with van der Waals surface area (Å²) in [5.41, 5.74) is 5.45. The number of aromatic hydroxyl groups is 1. The Morgan fingerprint density at radius 1 is 0.968 bits per heavy atom. The Labute approximate surface area is 179 Å². The molecule has 31 heavy (non-hydrogen) atoms. The zero-order chi connectivity index (χ0) is 20.9. The monoisotopic (exact) mass is 425 g/mol. The van der Waals surface area contributed by atoms with Gasteiger partial charge >= 0.3 is 0 Å². The first-order valence-corrected chi connectivity index (χ1v) is 10.4. The van der Waals surface area contributed by atoms with E-state index in [-0.39, 0.29) is 5.75 Å². The van der Waals surface area contributed by atoms with Crippen molar-refractivity contribution in [1.82, 2.24) is 35.1 Å². The highest BCUT2D eigenvalue weighted by Crippen LogP contribution is 2.34. The lowest BCUT2D eigenvalue weighted by atomic mass is 10.1. The molecule has 0 fully saturated rings. The van der Waals surface area contributed by atoms with Gasteiger partial charge < -0.3 is 10.1 Å². The Balaban J connectivity index is 1.51. The van der Waals surface area contributed by atoms with Gasteiger partial charge in [0, 0.05) is 28.2 Å². The van der Waals surface area contributed by atoms with Crippen LogP contribution in [-0.4, -0.2) is 40.2 Å². The van der Waals surface area contributed by atoms with Crippen LogP contribution in [0, 0.1) is 6.92 Å². The van der Waals surface area contributed by atoms with E-state index in [4.69, 9.17) is 4.98 Å². The van der Waals surface area contributed by atoms with Crippen LogP contribution in [0.15, 0.2) is 55.1 Å². The molecule has 9 heteroatoms. The molecule has 0 aliphatic heterocycles. The Morgan fingerprint density at radius 3 is 2.74 bits per heavy atom. The minimum Gasteiger partial charge on any atom is -0.506 e. The van der Waals surface area contributed by atoms with Gasteiger partial charge in [0.1, 0.15) is 22.7 Å². The quantitative estimate of drug-likeness (QED) is 0.378. The highest BCUT2D eigenvalue weighted by Gasteiger charge is 2.17. The van der Waals surface area contributed by atoms with E-state index < -0.39 is 0 Å². The average molecular weight is 425 g/mol. The van der Waals surface area contributed by atoms with Gasteiger partial charge in [-0.15, -0.1) is 11.3 Å². The second-order valence-corrected chi connectivity index (χ2v) is 8.46. The van der Waals surface area contributed by atoms with Crippen molar-refractivity contribution in [2.75, 3.05) is 0 Å². The fraction of sp³-hybridized carbons (Fsp3) is 0.0455. The van der Waals surface area contributed by atoms with E-state index in [0.717, 1.165) is 38.1 Å². The van der Waals surface area contributed by atoms with Crippen LogP contribution < -0.4 is 0 Å². The summed E-state index contributed by atoms with van der Waals surface area (Å²) < 4.78 is 0. The van der Waals surface area contributed by atoms with E-state index in [1.165, 1.54) is 11.1 Å². The van der Waals surface area contributed by atoms with E-state index in [2.05, 4.69) is 49.2 Å². The molecule has 0 saturated heterocycles. The smallest absolute Gasteiger partial charge is 0.159 e. The first-order valence-electron chi connectivity index (χ1n) is 9.56. The maximum atomic E-state index is 9.75. The number of aromatic nitrogens is 7. The number of fused-ring (bicyclic) bond motifs is 2. The van der Waals surface area contributed by atoms with Gasteiger partial charge in [-0.05, 0) is 37.3 Å². The zero-order valence-corrected chi connectivity index (χ0v) is 17.1. The number of rotatable bonds is 3. The second-order valence-electron chi connectivity index (χ2n) is 7.17. The summed E-state index contributed by atoms with van der Waals surface area (Å²) in [6.07, 6.45) is 6.56. The van der Waals surface area contributed by atoms with E-state index in [1.54, 1.807) is 36.0 Å². The summed E-state index contributed by atoms with van der Waals surface area (Å²) in [6.45, 7) is 2.08. The molecule has 0 aliphatic rings. The number of imidazole rings is 1. The predicted molar refractivity (Wildman–Crippen MR) is 120 cm³/mol. The molecule has 8 nitrogen and oxygen atoms in total. The molecule has 3 N–H and O–H groups in total. The number of nitrogens with zero attached hydrogens (tertiary/aromatic N) is 5. The van der Waals surface area contributed by atoms with E-state index in [1.807, 2.05) is 12.1 Å². The van der Waals surface area contributed by atoms with E-state index in [9.17, 15) is 5.11 Å². The number of H-pyrrole nitrogens is 2. The summed E-state index contributed by atoms with van der Waals surface area (Å²) in [7, 11) is 0. The zero-order valence-electron chi connectivity index (χ0n) is 16.3. The van der Waals surface area contributed by atoms with Crippen molar-refractivity contribution in [3.8, 4) is 39.1 Å². The molecular weight excluding hydrogens is 410 g/mol. The molecule has 6 aromatic rings. The molecular formula is C22H15N7OS. The van der Waals surface area contributed by atoms with Crippen LogP contribution >= 0.6 is 11.3 Å². The molecule has 0 unspecified atom stereocenters. The lowest BCUT2D eigenvalue weighted by Crippen LogP contribution is -1.86.